The predicted octanol–water partition coefficient (Wildman–Crippen LogP) is 6.71. The van der Waals surface area contributed by atoms with Crippen molar-refractivity contribution in [2.45, 2.75) is 53.4 Å². The minimum atomic E-state index is -0.216. The quantitative estimate of drug-likeness (QED) is 0.380. The molecule has 0 amide bonds. The van der Waals surface area contributed by atoms with E-state index in [4.69, 9.17) is 9.47 Å². The zero-order valence-corrected chi connectivity index (χ0v) is 19.0. The molecule has 4 rings (SSSR count). The zero-order valence-electron chi connectivity index (χ0n) is 19.0. The van der Waals surface area contributed by atoms with Crippen LogP contribution in [0.1, 0.15) is 58.9 Å². The van der Waals surface area contributed by atoms with Crippen LogP contribution in [0.25, 0.3) is 16.3 Å². The fraction of sp³-hybridized carbons (Fsp3) is 0.444. The van der Waals surface area contributed by atoms with Crippen LogP contribution in [0.15, 0.2) is 53.1 Å². The summed E-state index contributed by atoms with van der Waals surface area (Å²) < 4.78 is 11.2. The molecule has 2 aromatic rings. The highest BCUT2D eigenvalue weighted by Gasteiger charge is 2.74. The number of hydrogen-bond acceptors (Lipinski definition) is 3. The summed E-state index contributed by atoms with van der Waals surface area (Å²) >= 11 is 0. The minimum Gasteiger partial charge on any atom is -0.496 e. The summed E-state index contributed by atoms with van der Waals surface area (Å²) in [5, 5.41) is 2.29. The average Bonchev–Trinajstić information content (AvgIpc) is 2.78. The lowest BCUT2D eigenvalue weighted by atomic mass is 9.31. The van der Waals surface area contributed by atoms with Crippen LogP contribution >= 0.6 is 0 Å². The van der Waals surface area contributed by atoms with E-state index in [0.717, 1.165) is 58.9 Å². The molecule has 0 saturated heterocycles. The van der Waals surface area contributed by atoms with Crippen LogP contribution in [-0.2, 0) is 9.53 Å². The molecule has 2 aliphatic carbocycles. The Morgan fingerprint density at radius 2 is 1.50 bits per heavy atom. The van der Waals surface area contributed by atoms with Crippen molar-refractivity contribution in [2.75, 3.05) is 14.2 Å². The number of methoxy groups -OCH3 is 2. The zero-order chi connectivity index (χ0) is 21.7. The van der Waals surface area contributed by atoms with Crippen LogP contribution in [0, 0.1) is 10.8 Å². The van der Waals surface area contributed by atoms with Crippen LogP contribution in [0.4, 0.5) is 0 Å². The lowest BCUT2D eigenvalue weighted by Crippen LogP contribution is -2.63. The van der Waals surface area contributed by atoms with Crippen molar-refractivity contribution in [2.24, 2.45) is 10.8 Å². The smallest absolute Gasteiger partial charge is 0.335 e. The first-order valence-corrected chi connectivity index (χ1v) is 11.2. The number of rotatable bonds is 7. The van der Waals surface area contributed by atoms with Crippen molar-refractivity contribution in [1.82, 2.24) is 0 Å². The van der Waals surface area contributed by atoms with Crippen LogP contribution < -0.4 is 4.74 Å². The van der Waals surface area contributed by atoms with Gasteiger partial charge in [0.05, 0.1) is 19.8 Å². The van der Waals surface area contributed by atoms with Gasteiger partial charge in [-0.25, -0.2) is 4.79 Å². The summed E-state index contributed by atoms with van der Waals surface area (Å²) in [5.74, 6) is 0.620. The second-order valence-corrected chi connectivity index (χ2v) is 8.29. The fourth-order valence-corrected chi connectivity index (χ4v) is 6.87. The van der Waals surface area contributed by atoms with E-state index in [-0.39, 0.29) is 16.8 Å². The minimum absolute atomic E-state index is 0.122. The van der Waals surface area contributed by atoms with E-state index < -0.39 is 0 Å². The Bertz CT molecular complexity index is 1090. The number of hydrogen-bond donors (Lipinski definition) is 0. The highest BCUT2D eigenvalue weighted by Crippen LogP contribution is 2.82. The van der Waals surface area contributed by atoms with E-state index >= 15 is 0 Å². The molecule has 2 aromatic carbocycles. The standard InChI is InChI=1S/C27H32O3/c1-7-19-20(8-2)27(10-4)24(25(28)30-6)23(26(19,27)9-3)22-18-14-12-11-13-17(18)15-16-21(22)29-5/h11-16H,7-10H2,1-6H3. The number of carbonyl (C=O) groups is 1. The number of fused-ring (bicyclic) bond motifs is 2. The summed E-state index contributed by atoms with van der Waals surface area (Å²) in [6.07, 6.45) is 3.85. The second kappa shape index (κ2) is 7.30. The Hall–Kier alpha value is -2.55. The van der Waals surface area contributed by atoms with Gasteiger partial charge < -0.3 is 9.47 Å². The Kier molecular flexibility index (Phi) is 5.04. The molecule has 0 aromatic heterocycles. The molecule has 0 N–H and O–H groups in total. The lowest BCUT2D eigenvalue weighted by Gasteiger charge is -2.71. The molecule has 0 saturated carbocycles. The van der Waals surface area contributed by atoms with Gasteiger partial charge in [-0.2, -0.15) is 0 Å². The van der Waals surface area contributed by atoms with Gasteiger partial charge in [-0.1, -0.05) is 69.2 Å². The van der Waals surface area contributed by atoms with Crippen molar-refractivity contribution in [3.8, 4) is 5.75 Å². The fourth-order valence-electron chi connectivity index (χ4n) is 6.87. The first kappa shape index (κ1) is 20.7. The third-order valence-corrected chi connectivity index (χ3v) is 7.74. The summed E-state index contributed by atoms with van der Waals surface area (Å²) in [5.41, 5.74) is 5.64. The van der Waals surface area contributed by atoms with Crippen LogP contribution in [-0.4, -0.2) is 20.2 Å². The maximum absolute atomic E-state index is 13.2. The van der Waals surface area contributed by atoms with E-state index in [1.165, 1.54) is 18.3 Å². The molecule has 158 valence electrons. The molecule has 0 bridgehead atoms. The third kappa shape index (κ3) is 2.13. The molecule has 0 fully saturated rings. The summed E-state index contributed by atoms with van der Waals surface area (Å²) in [6, 6.07) is 12.5. The topological polar surface area (TPSA) is 35.5 Å². The molecule has 2 aliphatic rings. The third-order valence-electron chi connectivity index (χ3n) is 7.74. The van der Waals surface area contributed by atoms with Crippen molar-refractivity contribution < 1.29 is 14.3 Å². The molecule has 2 atom stereocenters. The monoisotopic (exact) mass is 404 g/mol. The van der Waals surface area contributed by atoms with Crippen molar-refractivity contribution in [3.05, 3.63) is 58.7 Å². The molecule has 2 unspecified atom stereocenters. The first-order chi connectivity index (χ1) is 14.5. The van der Waals surface area contributed by atoms with Gasteiger partial charge in [0.1, 0.15) is 5.75 Å². The van der Waals surface area contributed by atoms with Gasteiger partial charge in [0.15, 0.2) is 0 Å². The Balaban J connectivity index is 2.15. The maximum atomic E-state index is 13.2. The maximum Gasteiger partial charge on any atom is 0.335 e. The molecule has 0 radical (unpaired) electrons. The van der Waals surface area contributed by atoms with Gasteiger partial charge in [-0.05, 0) is 48.1 Å². The Labute approximate surface area is 179 Å². The first-order valence-electron chi connectivity index (χ1n) is 11.2. The molecule has 0 heterocycles. The molecular weight excluding hydrogens is 372 g/mol. The predicted molar refractivity (Wildman–Crippen MR) is 122 cm³/mol. The number of allylic oxidation sites excluding steroid dienone is 3. The number of ether oxygens (including phenoxy) is 2. The largest absolute Gasteiger partial charge is 0.496 e. The normalized spacial score (nSPS) is 25.0. The number of benzene rings is 2. The average molecular weight is 405 g/mol. The van der Waals surface area contributed by atoms with Gasteiger partial charge >= 0.3 is 5.97 Å². The van der Waals surface area contributed by atoms with Crippen molar-refractivity contribution in [3.63, 3.8) is 0 Å². The molecule has 3 heteroatoms. The van der Waals surface area contributed by atoms with Crippen LogP contribution in [0.2, 0.25) is 0 Å². The summed E-state index contributed by atoms with van der Waals surface area (Å²) in [7, 11) is 3.21. The van der Waals surface area contributed by atoms with E-state index in [9.17, 15) is 4.79 Å². The molecule has 3 nitrogen and oxygen atoms in total. The Morgan fingerprint density at radius 3 is 2.07 bits per heavy atom. The summed E-state index contributed by atoms with van der Waals surface area (Å²) in [4.78, 5) is 13.2. The van der Waals surface area contributed by atoms with E-state index in [2.05, 4.69) is 58.0 Å². The second-order valence-electron chi connectivity index (χ2n) is 8.29. The number of carbonyl (C=O) groups excluding carboxylic acids is 1. The molecule has 30 heavy (non-hydrogen) atoms. The van der Waals surface area contributed by atoms with Gasteiger partial charge in [0.2, 0.25) is 0 Å². The summed E-state index contributed by atoms with van der Waals surface area (Å²) in [6.45, 7) is 8.94. The van der Waals surface area contributed by atoms with E-state index in [0.29, 0.717) is 0 Å². The highest BCUT2D eigenvalue weighted by molar-refractivity contribution is 6.14. The van der Waals surface area contributed by atoms with Gasteiger partial charge in [0.25, 0.3) is 0 Å². The van der Waals surface area contributed by atoms with Crippen molar-refractivity contribution in [1.29, 1.82) is 0 Å². The van der Waals surface area contributed by atoms with Crippen LogP contribution in [0.5, 0.6) is 5.75 Å². The van der Waals surface area contributed by atoms with Crippen molar-refractivity contribution >= 4 is 22.3 Å². The lowest BCUT2D eigenvalue weighted by molar-refractivity contribution is -0.139. The van der Waals surface area contributed by atoms with Gasteiger partial charge in [0, 0.05) is 16.4 Å². The van der Waals surface area contributed by atoms with Crippen LogP contribution in [0.3, 0.4) is 0 Å². The van der Waals surface area contributed by atoms with Gasteiger partial charge in [-0.15, -0.1) is 0 Å². The highest BCUT2D eigenvalue weighted by atomic mass is 16.5. The van der Waals surface area contributed by atoms with E-state index in [1.807, 2.05) is 6.07 Å². The van der Waals surface area contributed by atoms with E-state index in [1.54, 1.807) is 7.11 Å². The molecule has 0 spiro atoms. The number of esters is 1. The SMILES string of the molecule is CCC1=C(CC)C2(CC)C(c3c(OC)ccc4ccccc34)=C(C(=O)OC)C12CC. The van der Waals surface area contributed by atoms with Gasteiger partial charge in [-0.3, -0.25) is 0 Å². The molecule has 0 aliphatic heterocycles. The molecular formula is C27H32O3. The Morgan fingerprint density at radius 1 is 0.867 bits per heavy atom.